The number of nitrogens with one attached hydrogen (secondary N) is 2. The number of benzene rings is 1. The third-order valence-electron chi connectivity index (χ3n) is 3.35. The van der Waals surface area contributed by atoms with Gasteiger partial charge in [0.1, 0.15) is 0 Å². The number of hydrogen-bond donors (Lipinski definition) is 2. The molecule has 0 atom stereocenters. The molecule has 2 N–H and O–H groups in total. The van der Waals surface area contributed by atoms with Gasteiger partial charge in [-0.25, -0.2) is 0 Å². The molecular formula is C15H16N4O2. The number of rotatable bonds is 3. The minimum absolute atomic E-state index is 0.262. The quantitative estimate of drug-likeness (QED) is 0.901. The van der Waals surface area contributed by atoms with Gasteiger partial charge in [-0.3, -0.25) is 4.79 Å². The van der Waals surface area contributed by atoms with Crippen LogP contribution in [0.1, 0.15) is 22.5 Å². The van der Waals surface area contributed by atoms with Crippen molar-refractivity contribution in [2.24, 2.45) is 0 Å². The SMILES string of the molecule is CNC(=O)c1ccc(Oc2cccc3c2NCCC3)nn1. The van der Waals surface area contributed by atoms with Crippen molar-refractivity contribution in [1.29, 1.82) is 0 Å². The molecule has 1 aromatic carbocycles. The Kier molecular flexibility index (Phi) is 3.68. The number of aromatic nitrogens is 2. The molecule has 2 heterocycles. The summed E-state index contributed by atoms with van der Waals surface area (Å²) in [5.74, 6) is 0.824. The summed E-state index contributed by atoms with van der Waals surface area (Å²) in [4.78, 5) is 11.4. The predicted octanol–water partition coefficient (Wildman–Crippen LogP) is 1.99. The van der Waals surface area contributed by atoms with Crippen LogP contribution >= 0.6 is 0 Å². The molecule has 1 aliphatic rings. The highest BCUT2D eigenvalue weighted by Gasteiger charge is 2.14. The second kappa shape index (κ2) is 5.78. The Labute approximate surface area is 122 Å². The van der Waals surface area contributed by atoms with Crippen LogP contribution in [-0.4, -0.2) is 29.7 Å². The zero-order valence-corrected chi connectivity index (χ0v) is 11.7. The lowest BCUT2D eigenvalue weighted by Crippen LogP contribution is -2.19. The van der Waals surface area contributed by atoms with Crippen molar-refractivity contribution in [2.45, 2.75) is 12.8 Å². The van der Waals surface area contributed by atoms with E-state index in [2.05, 4.69) is 26.9 Å². The van der Waals surface area contributed by atoms with Crippen molar-refractivity contribution in [1.82, 2.24) is 15.5 Å². The summed E-state index contributed by atoms with van der Waals surface area (Å²) >= 11 is 0. The van der Waals surface area contributed by atoms with Gasteiger partial charge in [-0.15, -0.1) is 10.2 Å². The molecule has 21 heavy (non-hydrogen) atoms. The Hall–Kier alpha value is -2.63. The highest BCUT2D eigenvalue weighted by molar-refractivity contribution is 5.91. The van der Waals surface area contributed by atoms with E-state index in [0.717, 1.165) is 30.8 Å². The Morgan fingerprint density at radius 1 is 1.29 bits per heavy atom. The monoisotopic (exact) mass is 284 g/mol. The van der Waals surface area contributed by atoms with Crippen LogP contribution in [-0.2, 0) is 6.42 Å². The molecule has 0 fully saturated rings. The first-order chi connectivity index (χ1) is 10.3. The summed E-state index contributed by atoms with van der Waals surface area (Å²) in [5.41, 5.74) is 2.52. The Morgan fingerprint density at radius 3 is 2.95 bits per heavy atom. The lowest BCUT2D eigenvalue weighted by molar-refractivity contribution is 0.0957. The molecule has 0 saturated carbocycles. The zero-order chi connectivity index (χ0) is 14.7. The van der Waals surface area contributed by atoms with Crippen LogP contribution in [0, 0.1) is 0 Å². The van der Waals surface area contributed by atoms with Crippen molar-refractivity contribution in [3.8, 4) is 11.6 Å². The van der Waals surface area contributed by atoms with Crippen LogP contribution in [0.2, 0.25) is 0 Å². The smallest absolute Gasteiger partial charge is 0.271 e. The Balaban J connectivity index is 1.82. The second-order valence-corrected chi connectivity index (χ2v) is 4.76. The number of para-hydroxylation sites is 1. The van der Waals surface area contributed by atoms with E-state index >= 15 is 0 Å². The van der Waals surface area contributed by atoms with E-state index in [4.69, 9.17) is 4.74 Å². The van der Waals surface area contributed by atoms with E-state index in [9.17, 15) is 4.79 Å². The van der Waals surface area contributed by atoms with E-state index in [0.29, 0.717) is 5.88 Å². The summed E-state index contributed by atoms with van der Waals surface area (Å²) in [6.45, 7) is 0.939. The summed E-state index contributed by atoms with van der Waals surface area (Å²) in [6.07, 6.45) is 2.16. The van der Waals surface area contributed by atoms with Crippen LogP contribution in [0.25, 0.3) is 0 Å². The van der Waals surface area contributed by atoms with Gasteiger partial charge < -0.3 is 15.4 Å². The summed E-state index contributed by atoms with van der Waals surface area (Å²) in [6, 6.07) is 9.18. The fourth-order valence-electron chi connectivity index (χ4n) is 2.30. The van der Waals surface area contributed by atoms with Gasteiger partial charge in [0.2, 0.25) is 5.88 Å². The number of nitrogens with zero attached hydrogens (tertiary/aromatic N) is 2. The molecule has 0 saturated heterocycles. The summed E-state index contributed by atoms with van der Waals surface area (Å²) < 4.78 is 5.78. The number of ether oxygens (including phenoxy) is 1. The third-order valence-corrected chi connectivity index (χ3v) is 3.35. The van der Waals surface area contributed by atoms with E-state index in [1.807, 2.05) is 12.1 Å². The van der Waals surface area contributed by atoms with Gasteiger partial charge in [0.05, 0.1) is 5.69 Å². The molecule has 2 aromatic rings. The van der Waals surface area contributed by atoms with Gasteiger partial charge in [-0.2, -0.15) is 0 Å². The Bertz CT molecular complexity index is 655. The molecular weight excluding hydrogens is 268 g/mol. The Morgan fingerprint density at radius 2 is 2.19 bits per heavy atom. The molecule has 0 bridgehead atoms. The average molecular weight is 284 g/mol. The average Bonchev–Trinajstić information content (AvgIpc) is 2.55. The van der Waals surface area contributed by atoms with Crippen LogP contribution in [0.4, 0.5) is 5.69 Å². The molecule has 0 aliphatic carbocycles. The number of aryl methyl sites for hydroxylation is 1. The molecule has 1 aliphatic heterocycles. The number of hydrogen-bond acceptors (Lipinski definition) is 5. The summed E-state index contributed by atoms with van der Waals surface area (Å²) in [5, 5.41) is 13.6. The van der Waals surface area contributed by atoms with E-state index in [-0.39, 0.29) is 11.6 Å². The molecule has 0 unspecified atom stereocenters. The summed E-state index contributed by atoms with van der Waals surface area (Å²) in [7, 11) is 1.55. The maximum atomic E-state index is 11.4. The van der Waals surface area contributed by atoms with Crippen LogP contribution in [0.15, 0.2) is 30.3 Å². The fourth-order valence-corrected chi connectivity index (χ4v) is 2.30. The molecule has 1 aromatic heterocycles. The zero-order valence-electron chi connectivity index (χ0n) is 11.7. The van der Waals surface area contributed by atoms with Crippen LogP contribution < -0.4 is 15.4 Å². The normalized spacial score (nSPS) is 13.0. The molecule has 6 heteroatoms. The van der Waals surface area contributed by atoms with Gasteiger partial charge in [0.15, 0.2) is 11.4 Å². The standard InChI is InChI=1S/C15H16N4O2/c1-16-15(20)11-7-8-13(19-18-11)21-12-6-2-4-10-5-3-9-17-14(10)12/h2,4,6-8,17H,3,5,9H2,1H3,(H,16,20). The van der Waals surface area contributed by atoms with E-state index < -0.39 is 0 Å². The topological polar surface area (TPSA) is 76.1 Å². The molecule has 0 radical (unpaired) electrons. The molecule has 1 amide bonds. The minimum Gasteiger partial charge on any atom is -0.435 e. The van der Waals surface area contributed by atoms with Gasteiger partial charge >= 0.3 is 0 Å². The minimum atomic E-state index is -0.271. The lowest BCUT2D eigenvalue weighted by Gasteiger charge is -2.20. The molecule has 6 nitrogen and oxygen atoms in total. The molecule has 0 spiro atoms. The van der Waals surface area contributed by atoms with Gasteiger partial charge in [-0.1, -0.05) is 12.1 Å². The fraction of sp³-hybridized carbons (Fsp3) is 0.267. The maximum Gasteiger partial charge on any atom is 0.271 e. The van der Waals surface area contributed by atoms with Crippen molar-refractivity contribution in [3.63, 3.8) is 0 Å². The van der Waals surface area contributed by atoms with E-state index in [1.54, 1.807) is 19.2 Å². The third kappa shape index (κ3) is 2.79. The van der Waals surface area contributed by atoms with Gasteiger partial charge in [-0.05, 0) is 30.5 Å². The molecule has 3 rings (SSSR count). The highest BCUT2D eigenvalue weighted by atomic mass is 16.5. The maximum absolute atomic E-state index is 11.4. The first-order valence-electron chi connectivity index (χ1n) is 6.87. The number of fused-ring (bicyclic) bond motifs is 1. The first-order valence-corrected chi connectivity index (χ1v) is 6.87. The van der Waals surface area contributed by atoms with Crippen LogP contribution in [0.5, 0.6) is 11.6 Å². The highest BCUT2D eigenvalue weighted by Crippen LogP contribution is 2.34. The lowest BCUT2D eigenvalue weighted by atomic mass is 10.0. The number of carbonyl (C=O) groups excluding carboxylic acids is 1. The van der Waals surface area contributed by atoms with Crippen molar-refractivity contribution in [2.75, 3.05) is 18.9 Å². The van der Waals surface area contributed by atoms with Crippen molar-refractivity contribution >= 4 is 11.6 Å². The van der Waals surface area contributed by atoms with Crippen LogP contribution in [0.3, 0.4) is 0 Å². The molecule has 108 valence electrons. The first kappa shape index (κ1) is 13.4. The van der Waals surface area contributed by atoms with E-state index in [1.165, 1.54) is 5.56 Å². The largest absolute Gasteiger partial charge is 0.435 e. The predicted molar refractivity (Wildman–Crippen MR) is 78.7 cm³/mol. The second-order valence-electron chi connectivity index (χ2n) is 4.76. The number of anilines is 1. The number of amides is 1. The van der Waals surface area contributed by atoms with Crippen molar-refractivity contribution < 1.29 is 9.53 Å². The van der Waals surface area contributed by atoms with Gasteiger partial charge in [0.25, 0.3) is 5.91 Å². The van der Waals surface area contributed by atoms with Crippen molar-refractivity contribution in [3.05, 3.63) is 41.6 Å². The number of carbonyl (C=O) groups is 1. The van der Waals surface area contributed by atoms with Gasteiger partial charge in [0, 0.05) is 19.7 Å².